The van der Waals surface area contributed by atoms with E-state index >= 15 is 0 Å². The van der Waals surface area contributed by atoms with Crippen LogP contribution in [0.5, 0.6) is 0 Å². The van der Waals surface area contributed by atoms with Crippen molar-refractivity contribution in [3.63, 3.8) is 0 Å². The molecule has 0 aliphatic carbocycles. The third kappa shape index (κ3) is 6.92. The van der Waals surface area contributed by atoms with Crippen LogP contribution in [-0.4, -0.2) is 31.3 Å². The van der Waals surface area contributed by atoms with Gasteiger partial charge in [0.05, 0.1) is 10.5 Å². The molecule has 11 heteroatoms. The Kier molecular flexibility index (Phi) is 8.58. The van der Waals surface area contributed by atoms with Crippen molar-refractivity contribution < 1.29 is 27.9 Å². The molecule has 0 spiro atoms. The molecule has 1 unspecified atom stereocenters. The lowest BCUT2D eigenvalue weighted by Crippen LogP contribution is -2.19. The van der Waals surface area contributed by atoms with E-state index in [4.69, 9.17) is 5.14 Å². The molecule has 2 amide bonds. The number of nitrogens with one attached hydrogen (secondary N) is 2. The summed E-state index contributed by atoms with van der Waals surface area (Å²) in [6, 6.07) is 31.6. The molecule has 216 valence electrons. The van der Waals surface area contributed by atoms with Crippen LogP contribution in [0.25, 0.3) is 10.8 Å². The fraction of sp³-hybridized carbons (Fsp3) is 0.0312. The second-order valence-electron chi connectivity index (χ2n) is 9.46. The van der Waals surface area contributed by atoms with Crippen molar-refractivity contribution in [2.45, 2.75) is 15.0 Å². The maximum absolute atomic E-state index is 13.4. The Labute approximate surface area is 251 Å². The maximum atomic E-state index is 13.4. The molecule has 0 bridgehead atoms. The molecule has 0 aliphatic heterocycles. The van der Waals surface area contributed by atoms with Gasteiger partial charge in [-0.2, -0.15) is 0 Å². The molecule has 1 atom stereocenters. The van der Waals surface area contributed by atoms with E-state index in [1.54, 1.807) is 54.6 Å². The first kappa shape index (κ1) is 29.5. The molecule has 0 saturated carbocycles. The molecule has 43 heavy (non-hydrogen) atoms. The number of thioether (sulfide) groups is 1. The van der Waals surface area contributed by atoms with Crippen LogP contribution in [0.15, 0.2) is 125 Å². The van der Waals surface area contributed by atoms with Gasteiger partial charge in [-0.1, -0.05) is 54.6 Å². The first-order valence-corrected chi connectivity index (χ1v) is 15.3. The van der Waals surface area contributed by atoms with E-state index in [0.717, 1.165) is 10.5 Å². The topological polar surface area (TPSA) is 156 Å². The molecule has 5 N–H and O–H groups in total. The fourth-order valence-corrected chi connectivity index (χ4v) is 6.04. The Morgan fingerprint density at radius 1 is 0.698 bits per heavy atom. The van der Waals surface area contributed by atoms with Crippen LogP contribution < -0.4 is 15.8 Å². The summed E-state index contributed by atoms with van der Waals surface area (Å²) in [6.07, 6.45) is 0. The minimum Gasteiger partial charge on any atom is -0.478 e. The van der Waals surface area contributed by atoms with Crippen LogP contribution >= 0.6 is 11.8 Å². The molecule has 0 aliphatic rings. The van der Waals surface area contributed by atoms with Crippen molar-refractivity contribution in [1.82, 2.24) is 0 Å². The Morgan fingerprint density at radius 2 is 1.28 bits per heavy atom. The summed E-state index contributed by atoms with van der Waals surface area (Å²) in [4.78, 5) is 39.0. The summed E-state index contributed by atoms with van der Waals surface area (Å²) in [5, 5.41) is 20.8. The van der Waals surface area contributed by atoms with E-state index in [0.29, 0.717) is 22.1 Å². The lowest BCUT2D eigenvalue weighted by molar-refractivity contribution is -0.115. The highest BCUT2D eigenvalue weighted by Crippen LogP contribution is 2.37. The molecule has 0 radical (unpaired) electrons. The van der Waals surface area contributed by atoms with E-state index in [9.17, 15) is 27.9 Å². The molecule has 9 nitrogen and oxygen atoms in total. The number of amides is 2. The largest absolute Gasteiger partial charge is 0.478 e. The third-order valence-electron chi connectivity index (χ3n) is 6.54. The number of rotatable bonds is 9. The number of aromatic carboxylic acids is 1. The van der Waals surface area contributed by atoms with Gasteiger partial charge in [0.15, 0.2) is 0 Å². The summed E-state index contributed by atoms with van der Waals surface area (Å²) in [5.41, 5.74) is 1.95. The first-order valence-electron chi connectivity index (χ1n) is 12.9. The van der Waals surface area contributed by atoms with E-state index < -0.39 is 27.1 Å². The molecule has 0 fully saturated rings. The van der Waals surface area contributed by atoms with E-state index in [1.807, 2.05) is 30.3 Å². The highest BCUT2D eigenvalue weighted by Gasteiger charge is 2.23. The number of carboxylic acid groups (broad SMARTS) is 1. The van der Waals surface area contributed by atoms with Crippen molar-refractivity contribution in [1.29, 1.82) is 0 Å². The van der Waals surface area contributed by atoms with Crippen LogP contribution in [0.3, 0.4) is 0 Å². The van der Waals surface area contributed by atoms with Crippen LogP contribution in [0, 0.1) is 0 Å². The van der Waals surface area contributed by atoms with E-state index in [-0.39, 0.29) is 21.9 Å². The Bertz CT molecular complexity index is 1920. The summed E-state index contributed by atoms with van der Waals surface area (Å²) < 4.78 is 23.1. The third-order valence-corrected chi connectivity index (χ3v) is 8.73. The Balaban J connectivity index is 1.34. The standard InChI is InChI=1S/C32H25N3O6S2/c33-43(40,41)25-18-14-23(15-19-25)35-31(37)29(21-6-2-1-3-7-21)42-24-16-12-22(13-17-24)34-30(36)26-10-4-8-20-9-5-11-27(28(20)26)32(38)39/h1-19,29H,(H,34,36)(H,35,37)(H,38,39)(H2,33,40,41). The van der Waals surface area contributed by atoms with E-state index in [1.165, 1.54) is 42.1 Å². The van der Waals surface area contributed by atoms with Crippen LogP contribution in [-0.2, 0) is 14.8 Å². The van der Waals surface area contributed by atoms with Gasteiger partial charge in [-0.25, -0.2) is 18.4 Å². The first-order chi connectivity index (χ1) is 20.6. The number of carboxylic acids is 1. The minimum atomic E-state index is -3.86. The quantitative estimate of drug-likeness (QED) is 0.151. The zero-order valence-electron chi connectivity index (χ0n) is 22.4. The fourth-order valence-electron chi connectivity index (χ4n) is 4.50. The highest BCUT2D eigenvalue weighted by molar-refractivity contribution is 8.00. The predicted octanol–water partition coefficient (Wildman–Crippen LogP) is 5.91. The van der Waals surface area contributed by atoms with Gasteiger partial charge in [0.25, 0.3) is 5.91 Å². The second-order valence-corrected chi connectivity index (χ2v) is 12.2. The van der Waals surface area contributed by atoms with Crippen molar-refractivity contribution in [2.75, 3.05) is 10.6 Å². The van der Waals surface area contributed by atoms with Crippen molar-refractivity contribution in [3.8, 4) is 0 Å². The normalized spacial score (nSPS) is 11.9. The number of carbonyl (C=O) groups excluding carboxylic acids is 2. The van der Waals surface area contributed by atoms with Gasteiger partial charge >= 0.3 is 5.97 Å². The van der Waals surface area contributed by atoms with E-state index in [2.05, 4.69) is 10.6 Å². The lowest BCUT2D eigenvalue weighted by Gasteiger charge is -2.17. The molecule has 5 aromatic carbocycles. The zero-order chi connectivity index (χ0) is 30.6. The van der Waals surface area contributed by atoms with Crippen molar-refractivity contribution >= 4 is 61.7 Å². The van der Waals surface area contributed by atoms with Crippen molar-refractivity contribution in [3.05, 3.63) is 132 Å². The van der Waals surface area contributed by atoms with Crippen LogP contribution in [0.2, 0.25) is 0 Å². The van der Waals surface area contributed by atoms with Gasteiger partial charge in [0.2, 0.25) is 15.9 Å². The SMILES string of the molecule is NS(=O)(=O)c1ccc(NC(=O)C(Sc2ccc(NC(=O)c3cccc4cccc(C(=O)O)c34)cc2)c2ccccc2)cc1. The van der Waals surface area contributed by atoms with Crippen LogP contribution in [0.1, 0.15) is 31.5 Å². The van der Waals surface area contributed by atoms with Gasteiger partial charge in [0, 0.05) is 27.2 Å². The van der Waals surface area contributed by atoms with Gasteiger partial charge in [-0.15, -0.1) is 11.8 Å². The molecular formula is C32H25N3O6S2. The molecule has 0 heterocycles. The number of hydrogen-bond donors (Lipinski definition) is 4. The Morgan fingerprint density at radius 3 is 1.88 bits per heavy atom. The Hall–Kier alpha value is -4.97. The van der Waals surface area contributed by atoms with Gasteiger partial charge < -0.3 is 15.7 Å². The zero-order valence-corrected chi connectivity index (χ0v) is 24.1. The maximum Gasteiger partial charge on any atom is 0.336 e. The van der Waals surface area contributed by atoms with Gasteiger partial charge in [0.1, 0.15) is 5.25 Å². The number of hydrogen-bond acceptors (Lipinski definition) is 6. The number of fused-ring (bicyclic) bond motifs is 1. The summed E-state index contributed by atoms with van der Waals surface area (Å²) in [5.74, 6) is -1.89. The van der Waals surface area contributed by atoms with Crippen molar-refractivity contribution in [2.24, 2.45) is 5.14 Å². The lowest BCUT2D eigenvalue weighted by atomic mass is 9.98. The van der Waals surface area contributed by atoms with Crippen LogP contribution in [0.4, 0.5) is 11.4 Å². The predicted molar refractivity (Wildman–Crippen MR) is 167 cm³/mol. The number of carbonyl (C=O) groups is 3. The summed E-state index contributed by atoms with van der Waals surface area (Å²) in [6.45, 7) is 0. The number of nitrogens with two attached hydrogens (primary N) is 1. The molecule has 5 aromatic rings. The highest BCUT2D eigenvalue weighted by atomic mass is 32.2. The summed E-state index contributed by atoms with van der Waals surface area (Å²) in [7, 11) is -3.86. The average Bonchev–Trinajstić information content (AvgIpc) is 3.00. The van der Waals surface area contributed by atoms with Gasteiger partial charge in [-0.05, 0) is 71.6 Å². The number of anilines is 2. The van der Waals surface area contributed by atoms with Gasteiger partial charge in [-0.3, -0.25) is 9.59 Å². The molecular weight excluding hydrogens is 587 g/mol. The number of sulfonamides is 1. The molecule has 0 aromatic heterocycles. The minimum absolute atomic E-state index is 0.0422. The molecule has 0 saturated heterocycles. The monoisotopic (exact) mass is 611 g/mol. The summed E-state index contributed by atoms with van der Waals surface area (Å²) >= 11 is 1.30. The second kappa shape index (κ2) is 12.5. The molecule has 5 rings (SSSR count). The average molecular weight is 612 g/mol. The number of benzene rings is 5. The number of primary sulfonamides is 1. The smallest absolute Gasteiger partial charge is 0.336 e.